The maximum Gasteiger partial charge on any atom is 0.307 e. The number of amides is 1. The van der Waals surface area contributed by atoms with Gasteiger partial charge in [-0.05, 0) is 35.7 Å². The summed E-state index contributed by atoms with van der Waals surface area (Å²) in [6.45, 7) is 1.85. The SMILES string of the molecule is CC(=NNC(=O)c1ccco1)c1ccc(-c2ccccc2)cc1. The van der Waals surface area contributed by atoms with E-state index in [-0.39, 0.29) is 11.7 Å². The minimum atomic E-state index is -0.366. The standard InChI is InChI=1S/C19H16N2O2/c1-14(20-21-19(22)18-8-5-13-23-18)15-9-11-17(12-10-15)16-6-3-2-4-7-16/h2-13H,1H3,(H,21,22). The summed E-state index contributed by atoms with van der Waals surface area (Å²) in [5.74, 6) is -0.128. The second-order valence-electron chi connectivity index (χ2n) is 5.06. The van der Waals surface area contributed by atoms with Crippen LogP contribution in [-0.2, 0) is 0 Å². The molecule has 1 N–H and O–H groups in total. The first kappa shape index (κ1) is 14.8. The molecule has 4 nitrogen and oxygen atoms in total. The molecule has 0 aliphatic heterocycles. The average Bonchev–Trinajstić information content (AvgIpc) is 3.15. The number of hydrazone groups is 1. The zero-order valence-corrected chi connectivity index (χ0v) is 12.7. The third kappa shape index (κ3) is 3.55. The van der Waals surface area contributed by atoms with Crippen LogP contribution >= 0.6 is 0 Å². The highest BCUT2D eigenvalue weighted by molar-refractivity contribution is 6.00. The lowest BCUT2D eigenvalue weighted by Gasteiger charge is -2.05. The highest BCUT2D eigenvalue weighted by Gasteiger charge is 2.07. The largest absolute Gasteiger partial charge is 0.459 e. The molecule has 0 saturated carbocycles. The fourth-order valence-electron chi connectivity index (χ4n) is 2.20. The Labute approximate surface area is 134 Å². The van der Waals surface area contributed by atoms with E-state index in [1.54, 1.807) is 12.1 Å². The number of hydrogen-bond donors (Lipinski definition) is 1. The monoisotopic (exact) mass is 304 g/mol. The Morgan fingerprint density at radius 1 is 0.913 bits per heavy atom. The van der Waals surface area contributed by atoms with Gasteiger partial charge in [0.05, 0.1) is 12.0 Å². The summed E-state index contributed by atoms with van der Waals surface area (Å²) in [5.41, 5.74) is 6.47. The van der Waals surface area contributed by atoms with Crippen molar-refractivity contribution in [2.75, 3.05) is 0 Å². The molecule has 0 atom stereocenters. The summed E-state index contributed by atoms with van der Waals surface area (Å²) >= 11 is 0. The molecular formula is C19H16N2O2. The maximum atomic E-state index is 11.8. The van der Waals surface area contributed by atoms with Crippen LogP contribution in [-0.4, -0.2) is 11.6 Å². The van der Waals surface area contributed by atoms with Crippen LogP contribution in [0, 0.1) is 0 Å². The lowest BCUT2D eigenvalue weighted by molar-refractivity contribution is 0.0927. The zero-order chi connectivity index (χ0) is 16.1. The van der Waals surface area contributed by atoms with Crippen molar-refractivity contribution in [3.05, 3.63) is 84.3 Å². The molecule has 1 amide bonds. The maximum absolute atomic E-state index is 11.8. The van der Waals surface area contributed by atoms with E-state index in [9.17, 15) is 4.79 Å². The summed E-state index contributed by atoms with van der Waals surface area (Å²) in [5, 5.41) is 4.11. The molecule has 0 aliphatic rings. The van der Waals surface area contributed by atoms with E-state index in [0.29, 0.717) is 0 Å². The van der Waals surface area contributed by atoms with Crippen LogP contribution in [0.2, 0.25) is 0 Å². The summed E-state index contributed by atoms with van der Waals surface area (Å²) in [4.78, 5) is 11.8. The molecule has 2 aromatic carbocycles. The Bertz CT molecular complexity index is 804. The fraction of sp³-hybridized carbons (Fsp3) is 0.0526. The number of carbonyl (C=O) groups excluding carboxylic acids is 1. The van der Waals surface area contributed by atoms with Gasteiger partial charge in [0.1, 0.15) is 0 Å². The molecule has 0 aliphatic carbocycles. The third-order valence-corrected chi connectivity index (χ3v) is 3.48. The molecule has 1 aromatic heterocycles. The molecule has 23 heavy (non-hydrogen) atoms. The molecular weight excluding hydrogens is 288 g/mol. The fourth-order valence-corrected chi connectivity index (χ4v) is 2.20. The second kappa shape index (κ2) is 6.75. The van der Waals surface area contributed by atoms with Crippen molar-refractivity contribution >= 4 is 11.6 Å². The van der Waals surface area contributed by atoms with Crippen molar-refractivity contribution in [2.24, 2.45) is 5.10 Å². The molecule has 3 rings (SSSR count). The Morgan fingerprint density at radius 2 is 1.61 bits per heavy atom. The molecule has 0 unspecified atom stereocenters. The first-order valence-electron chi connectivity index (χ1n) is 7.28. The third-order valence-electron chi connectivity index (χ3n) is 3.48. The van der Waals surface area contributed by atoms with E-state index in [4.69, 9.17) is 4.42 Å². The van der Waals surface area contributed by atoms with E-state index in [0.717, 1.165) is 16.8 Å². The van der Waals surface area contributed by atoms with Crippen LogP contribution in [0.4, 0.5) is 0 Å². The Hall–Kier alpha value is -3.14. The minimum absolute atomic E-state index is 0.237. The van der Waals surface area contributed by atoms with Gasteiger partial charge in [0.25, 0.3) is 0 Å². The number of nitrogens with zero attached hydrogens (tertiary/aromatic N) is 1. The Morgan fingerprint density at radius 3 is 2.26 bits per heavy atom. The average molecular weight is 304 g/mol. The summed E-state index contributed by atoms with van der Waals surface area (Å²) in [6.07, 6.45) is 1.45. The molecule has 1 heterocycles. The quantitative estimate of drug-likeness (QED) is 0.583. The lowest BCUT2D eigenvalue weighted by atomic mass is 10.0. The zero-order valence-electron chi connectivity index (χ0n) is 12.7. The van der Waals surface area contributed by atoms with Crippen LogP contribution in [0.25, 0.3) is 11.1 Å². The van der Waals surface area contributed by atoms with Crippen LogP contribution in [0.15, 0.2) is 82.5 Å². The van der Waals surface area contributed by atoms with Crippen molar-refractivity contribution < 1.29 is 9.21 Å². The van der Waals surface area contributed by atoms with Crippen molar-refractivity contribution in [1.29, 1.82) is 0 Å². The molecule has 0 radical (unpaired) electrons. The molecule has 0 spiro atoms. The number of benzene rings is 2. The molecule has 4 heteroatoms. The van der Waals surface area contributed by atoms with E-state index in [1.165, 1.54) is 11.8 Å². The van der Waals surface area contributed by atoms with E-state index < -0.39 is 0 Å². The van der Waals surface area contributed by atoms with Crippen LogP contribution in [0.1, 0.15) is 23.0 Å². The topological polar surface area (TPSA) is 54.6 Å². The number of hydrogen-bond acceptors (Lipinski definition) is 3. The highest BCUT2D eigenvalue weighted by atomic mass is 16.3. The first-order chi connectivity index (χ1) is 11.2. The van der Waals surface area contributed by atoms with Gasteiger partial charge in [-0.1, -0.05) is 54.6 Å². The van der Waals surface area contributed by atoms with Crippen LogP contribution in [0.5, 0.6) is 0 Å². The molecule has 0 saturated heterocycles. The molecule has 3 aromatic rings. The normalized spacial score (nSPS) is 11.3. The van der Waals surface area contributed by atoms with Gasteiger partial charge in [-0.25, -0.2) is 5.43 Å². The van der Waals surface area contributed by atoms with Gasteiger partial charge >= 0.3 is 5.91 Å². The Kier molecular flexibility index (Phi) is 4.34. The predicted molar refractivity (Wildman–Crippen MR) is 90.3 cm³/mol. The molecule has 0 fully saturated rings. The van der Waals surface area contributed by atoms with Gasteiger partial charge in [-0.15, -0.1) is 0 Å². The van der Waals surface area contributed by atoms with Gasteiger partial charge in [-0.3, -0.25) is 4.79 Å². The lowest BCUT2D eigenvalue weighted by Crippen LogP contribution is -2.18. The van der Waals surface area contributed by atoms with Crippen LogP contribution < -0.4 is 5.43 Å². The van der Waals surface area contributed by atoms with Gasteiger partial charge in [-0.2, -0.15) is 5.10 Å². The van der Waals surface area contributed by atoms with Crippen molar-refractivity contribution in [1.82, 2.24) is 5.43 Å². The smallest absolute Gasteiger partial charge is 0.307 e. The van der Waals surface area contributed by atoms with Gasteiger partial charge in [0.2, 0.25) is 0 Å². The first-order valence-corrected chi connectivity index (χ1v) is 7.28. The van der Waals surface area contributed by atoms with E-state index in [1.807, 2.05) is 49.4 Å². The summed E-state index contributed by atoms with van der Waals surface area (Å²) in [6, 6.07) is 21.5. The minimum Gasteiger partial charge on any atom is -0.459 e. The Balaban J connectivity index is 1.71. The van der Waals surface area contributed by atoms with Gasteiger partial charge in [0.15, 0.2) is 5.76 Å². The van der Waals surface area contributed by atoms with Gasteiger partial charge < -0.3 is 4.42 Å². The number of carbonyl (C=O) groups is 1. The number of furan rings is 1. The summed E-state index contributed by atoms with van der Waals surface area (Å²) in [7, 11) is 0. The number of rotatable bonds is 4. The van der Waals surface area contributed by atoms with Gasteiger partial charge in [0, 0.05) is 0 Å². The van der Waals surface area contributed by atoms with Crippen molar-refractivity contribution in [3.63, 3.8) is 0 Å². The van der Waals surface area contributed by atoms with Crippen molar-refractivity contribution in [2.45, 2.75) is 6.92 Å². The predicted octanol–water partition coefficient (Wildman–Crippen LogP) is 4.10. The summed E-state index contributed by atoms with van der Waals surface area (Å²) < 4.78 is 5.02. The second-order valence-corrected chi connectivity index (χ2v) is 5.06. The van der Waals surface area contributed by atoms with Crippen molar-refractivity contribution in [3.8, 4) is 11.1 Å². The number of nitrogens with one attached hydrogen (secondary N) is 1. The molecule has 0 bridgehead atoms. The molecule has 114 valence electrons. The van der Waals surface area contributed by atoms with E-state index >= 15 is 0 Å². The van der Waals surface area contributed by atoms with Crippen LogP contribution in [0.3, 0.4) is 0 Å². The highest BCUT2D eigenvalue weighted by Crippen LogP contribution is 2.19. The van der Waals surface area contributed by atoms with E-state index in [2.05, 4.69) is 22.7 Å².